The normalized spacial score (nSPS) is 11.0. The predicted molar refractivity (Wildman–Crippen MR) is 47.3 cm³/mol. The summed E-state index contributed by atoms with van der Waals surface area (Å²) in [5.41, 5.74) is 3.96. The van der Waals surface area contributed by atoms with E-state index in [4.69, 9.17) is 11.0 Å². The first-order chi connectivity index (χ1) is 6.46. The monoisotopic (exact) mass is 218 g/mol. The van der Waals surface area contributed by atoms with Crippen LogP contribution in [0.4, 0.5) is 18.9 Å². The molecule has 0 saturated heterocycles. The number of para-hydroxylation sites is 1. The molecule has 0 spiro atoms. The number of nitrogens with zero attached hydrogens (tertiary/aromatic N) is 1. The third-order valence-corrected chi connectivity index (χ3v) is 2.19. The first kappa shape index (κ1) is 10.7. The molecule has 1 aromatic carbocycles. The summed E-state index contributed by atoms with van der Waals surface area (Å²) in [6.45, 7) is 0. The number of alkyl halides is 3. The summed E-state index contributed by atoms with van der Waals surface area (Å²) in [5, 5.41) is 9.99. The lowest BCUT2D eigenvalue weighted by Crippen LogP contribution is -2.09. The predicted octanol–water partition coefficient (Wildman–Crippen LogP) is 2.86. The van der Waals surface area contributed by atoms with E-state index in [1.807, 2.05) is 0 Å². The Bertz CT molecular complexity index is 381. The van der Waals surface area contributed by atoms with Gasteiger partial charge in [-0.15, -0.1) is 0 Å². The van der Waals surface area contributed by atoms with E-state index in [0.29, 0.717) is 11.8 Å². The fourth-order valence-electron chi connectivity index (χ4n) is 0.929. The Kier molecular flexibility index (Phi) is 2.91. The van der Waals surface area contributed by atoms with Crippen molar-refractivity contribution in [3.63, 3.8) is 0 Å². The zero-order valence-electron chi connectivity index (χ0n) is 6.80. The maximum Gasteiger partial charge on any atom is 0.418 e. The van der Waals surface area contributed by atoms with Gasteiger partial charge in [0.25, 0.3) is 0 Å². The number of halogens is 3. The molecule has 0 fully saturated rings. The molecule has 1 rings (SSSR count). The molecule has 0 aliphatic heterocycles. The third-order valence-electron chi connectivity index (χ3n) is 1.53. The highest BCUT2D eigenvalue weighted by atomic mass is 32.2. The summed E-state index contributed by atoms with van der Waals surface area (Å²) in [6.07, 6.45) is -4.48. The lowest BCUT2D eigenvalue weighted by atomic mass is 10.2. The first-order valence-corrected chi connectivity index (χ1v) is 4.30. The summed E-state index contributed by atoms with van der Waals surface area (Å²) in [7, 11) is 0. The smallest absolute Gasteiger partial charge is 0.397 e. The van der Waals surface area contributed by atoms with Crippen molar-refractivity contribution in [2.45, 2.75) is 11.1 Å². The molecule has 2 N–H and O–H groups in total. The average Bonchev–Trinajstić information content (AvgIpc) is 2.07. The lowest BCUT2D eigenvalue weighted by Gasteiger charge is -2.11. The van der Waals surface area contributed by atoms with Crippen LogP contribution in [0.2, 0.25) is 0 Å². The van der Waals surface area contributed by atoms with Gasteiger partial charge in [-0.2, -0.15) is 18.4 Å². The van der Waals surface area contributed by atoms with Crippen molar-refractivity contribution >= 4 is 17.4 Å². The Morgan fingerprint density at radius 3 is 2.50 bits per heavy atom. The Hall–Kier alpha value is -1.35. The van der Waals surface area contributed by atoms with Gasteiger partial charge in [-0.05, 0) is 23.9 Å². The van der Waals surface area contributed by atoms with Crippen LogP contribution in [-0.4, -0.2) is 0 Å². The minimum absolute atomic E-state index is 0.127. The van der Waals surface area contributed by atoms with E-state index in [1.165, 1.54) is 12.1 Å². The Balaban J connectivity index is 3.22. The third kappa shape index (κ3) is 2.12. The minimum Gasteiger partial charge on any atom is -0.397 e. The molecule has 14 heavy (non-hydrogen) atoms. The molecule has 0 aliphatic carbocycles. The van der Waals surface area contributed by atoms with E-state index in [2.05, 4.69) is 0 Å². The number of rotatable bonds is 1. The molecule has 0 unspecified atom stereocenters. The number of nitriles is 1. The van der Waals surface area contributed by atoms with Crippen molar-refractivity contribution in [1.29, 1.82) is 5.26 Å². The zero-order valence-corrected chi connectivity index (χ0v) is 7.62. The molecule has 0 saturated carbocycles. The molecule has 74 valence electrons. The lowest BCUT2D eigenvalue weighted by molar-refractivity contribution is -0.137. The number of benzene rings is 1. The number of nitrogens with two attached hydrogens (primary N) is 1. The van der Waals surface area contributed by atoms with E-state index >= 15 is 0 Å². The van der Waals surface area contributed by atoms with Gasteiger partial charge < -0.3 is 5.73 Å². The van der Waals surface area contributed by atoms with Crippen LogP contribution in [0.3, 0.4) is 0 Å². The summed E-state index contributed by atoms with van der Waals surface area (Å²) in [4.78, 5) is 0.127. The Morgan fingerprint density at radius 2 is 2.00 bits per heavy atom. The summed E-state index contributed by atoms with van der Waals surface area (Å²) < 4.78 is 36.9. The van der Waals surface area contributed by atoms with E-state index in [0.717, 1.165) is 6.07 Å². The van der Waals surface area contributed by atoms with Crippen LogP contribution in [0, 0.1) is 10.7 Å². The number of hydrogen-bond acceptors (Lipinski definition) is 3. The number of nitrogen functional groups attached to an aromatic ring is 1. The van der Waals surface area contributed by atoms with E-state index in [1.54, 1.807) is 5.40 Å². The number of hydrogen-bond donors (Lipinski definition) is 1. The highest BCUT2D eigenvalue weighted by molar-refractivity contribution is 8.03. The summed E-state index contributed by atoms with van der Waals surface area (Å²) in [6, 6.07) is 3.48. The van der Waals surface area contributed by atoms with Gasteiger partial charge in [0.05, 0.1) is 11.3 Å². The molecule has 0 aliphatic rings. The summed E-state index contributed by atoms with van der Waals surface area (Å²) in [5.74, 6) is 0. The van der Waals surface area contributed by atoms with Gasteiger partial charge in [-0.3, -0.25) is 0 Å². The molecule has 0 aromatic heterocycles. The van der Waals surface area contributed by atoms with Crippen LogP contribution in [-0.2, 0) is 6.18 Å². The van der Waals surface area contributed by atoms with Crippen molar-refractivity contribution in [1.82, 2.24) is 0 Å². The zero-order chi connectivity index (χ0) is 10.8. The topological polar surface area (TPSA) is 49.8 Å². The van der Waals surface area contributed by atoms with Gasteiger partial charge in [0.1, 0.15) is 5.40 Å². The van der Waals surface area contributed by atoms with Gasteiger partial charge in [0, 0.05) is 4.90 Å². The van der Waals surface area contributed by atoms with Crippen LogP contribution < -0.4 is 5.73 Å². The van der Waals surface area contributed by atoms with Crippen molar-refractivity contribution in [3.8, 4) is 5.40 Å². The average molecular weight is 218 g/mol. The van der Waals surface area contributed by atoms with Crippen molar-refractivity contribution in [3.05, 3.63) is 23.8 Å². The van der Waals surface area contributed by atoms with Gasteiger partial charge in [-0.1, -0.05) is 6.07 Å². The molecular formula is C8H5F3N2S. The van der Waals surface area contributed by atoms with Crippen LogP contribution in [0.25, 0.3) is 0 Å². The van der Waals surface area contributed by atoms with E-state index < -0.39 is 17.4 Å². The first-order valence-electron chi connectivity index (χ1n) is 3.48. The standard InChI is InChI=1S/C8H5F3N2S/c9-8(10,11)5-2-1-3-6(7(5)13)14-4-12/h1-3H,13H2. The fraction of sp³-hybridized carbons (Fsp3) is 0.125. The number of thiocyanates is 1. The van der Waals surface area contributed by atoms with Gasteiger partial charge in [0.2, 0.25) is 0 Å². The maximum atomic E-state index is 12.3. The maximum absolute atomic E-state index is 12.3. The van der Waals surface area contributed by atoms with Crippen LogP contribution >= 0.6 is 11.8 Å². The highest BCUT2D eigenvalue weighted by Gasteiger charge is 2.33. The van der Waals surface area contributed by atoms with E-state index in [-0.39, 0.29) is 4.90 Å². The molecule has 0 radical (unpaired) electrons. The molecule has 0 atom stereocenters. The van der Waals surface area contributed by atoms with E-state index in [9.17, 15) is 13.2 Å². The molecule has 6 heteroatoms. The number of thioether (sulfide) groups is 1. The largest absolute Gasteiger partial charge is 0.418 e. The second kappa shape index (κ2) is 3.80. The van der Waals surface area contributed by atoms with Crippen molar-refractivity contribution in [2.24, 2.45) is 0 Å². The quantitative estimate of drug-likeness (QED) is 0.448. The minimum atomic E-state index is -4.48. The molecule has 2 nitrogen and oxygen atoms in total. The fourth-order valence-corrected chi connectivity index (χ4v) is 1.39. The van der Waals surface area contributed by atoms with Crippen LogP contribution in [0.1, 0.15) is 5.56 Å². The van der Waals surface area contributed by atoms with Crippen LogP contribution in [0.15, 0.2) is 23.1 Å². The molecule has 0 bridgehead atoms. The second-order valence-electron chi connectivity index (χ2n) is 2.41. The van der Waals surface area contributed by atoms with Crippen LogP contribution in [0.5, 0.6) is 0 Å². The van der Waals surface area contributed by atoms with Gasteiger partial charge in [-0.25, -0.2) is 0 Å². The molecule has 1 aromatic rings. The van der Waals surface area contributed by atoms with Crippen molar-refractivity contribution in [2.75, 3.05) is 5.73 Å². The van der Waals surface area contributed by atoms with Crippen molar-refractivity contribution < 1.29 is 13.2 Å². The van der Waals surface area contributed by atoms with Gasteiger partial charge in [0.15, 0.2) is 0 Å². The summed E-state index contributed by atoms with van der Waals surface area (Å²) >= 11 is 0.613. The Morgan fingerprint density at radius 1 is 1.36 bits per heavy atom. The molecule has 0 heterocycles. The van der Waals surface area contributed by atoms with Gasteiger partial charge >= 0.3 is 6.18 Å². The SMILES string of the molecule is N#CSc1cccc(C(F)(F)F)c1N. The molecular weight excluding hydrogens is 213 g/mol. The Labute approximate surface area is 82.5 Å². The number of anilines is 1. The highest BCUT2D eigenvalue weighted by Crippen LogP contribution is 2.37. The second-order valence-corrected chi connectivity index (χ2v) is 3.24. The molecule has 0 amide bonds.